The van der Waals surface area contributed by atoms with Gasteiger partial charge in [-0.3, -0.25) is 0 Å². The predicted molar refractivity (Wildman–Crippen MR) is 107 cm³/mol. The van der Waals surface area contributed by atoms with Crippen molar-refractivity contribution in [1.82, 2.24) is 0 Å². The molecule has 13 nitrogen and oxygen atoms in total. The van der Waals surface area contributed by atoms with E-state index in [4.69, 9.17) is 47.6 Å². The van der Waals surface area contributed by atoms with E-state index < -0.39 is 92.3 Å². The van der Waals surface area contributed by atoms with Gasteiger partial charge in [0.2, 0.25) is 0 Å². The summed E-state index contributed by atoms with van der Waals surface area (Å²) in [5, 5.41) is 39.6. The summed E-state index contributed by atoms with van der Waals surface area (Å²) in [4.78, 5) is 0. The lowest BCUT2D eigenvalue weighted by Crippen LogP contribution is -2.67. The van der Waals surface area contributed by atoms with Crippen molar-refractivity contribution in [2.24, 2.45) is 28.7 Å². The monoisotopic (exact) mass is 469 g/mol. The van der Waals surface area contributed by atoms with Crippen molar-refractivity contribution in [3.05, 3.63) is 0 Å². The molecule has 1 aliphatic carbocycles. The van der Waals surface area contributed by atoms with Crippen molar-refractivity contribution in [2.75, 3.05) is 13.2 Å². The van der Waals surface area contributed by atoms with E-state index in [1.807, 2.05) is 0 Å². The van der Waals surface area contributed by atoms with E-state index in [-0.39, 0.29) is 19.4 Å². The molecule has 188 valence electrons. The second-order valence-electron chi connectivity index (χ2n) is 8.74. The Hall–Kier alpha value is -0.590. The fraction of sp³-hybridized carbons (Fsp3) is 1.00. The molecular formula is C18H36FN5O8. The number of rotatable bonds is 6. The topological polar surface area (TPSA) is 248 Å². The summed E-state index contributed by atoms with van der Waals surface area (Å²) in [5.41, 5.74) is 29.5. The minimum absolute atomic E-state index is 0.0230. The van der Waals surface area contributed by atoms with Crippen LogP contribution in [-0.4, -0.2) is 119 Å². The average Bonchev–Trinajstić information content (AvgIpc) is 2.75. The Morgan fingerprint density at radius 1 is 0.812 bits per heavy atom. The lowest BCUT2D eigenvalue weighted by molar-refractivity contribution is -0.309. The molecule has 0 bridgehead atoms. The highest BCUT2D eigenvalue weighted by atomic mass is 19.1. The van der Waals surface area contributed by atoms with Crippen LogP contribution in [0, 0.1) is 0 Å². The van der Waals surface area contributed by atoms with E-state index in [2.05, 4.69) is 0 Å². The highest BCUT2D eigenvalue weighted by Gasteiger charge is 2.50. The number of nitrogens with two attached hydrogens (primary N) is 5. The maximum atomic E-state index is 15.5. The van der Waals surface area contributed by atoms with Gasteiger partial charge in [0.25, 0.3) is 0 Å². The van der Waals surface area contributed by atoms with Gasteiger partial charge < -0.3 is 68.0 Å². The number of ether oxygens (including phenoxy) is 4. The van der Waals surface area contributed by atoms with Crippen LogP contribution >= 0.6 is 0 Å². The van der Waals surface area contributed by atoms with Crippen molar-refractivity contribution < 1.29 is 43.8 Å². The summed E-state index contributed by atoms with van der Waals surface area (Å²) in [7, 11) is 0. The second kappa shape index (κ2) is 10.8. The fourth-order valence-electron chi connectivity index (χ4n) is 4.38. The highest BCUT2D eigenvalue weighted by molar-refractivity contribution is 5.01. The number of halogens is 1. The Labute approximate surface area is 184 Å². The zero-order valence-electron chi connectivity index (χ0n) is 17.6. The van der Waals surface area contributed by atoms with E-state index in [9.17, 15) is 20.4 Å². The van der Waals surface area contributed by atoms with Gasteiger partial charge in [0, 0.05) is 18.6 Å². The smallest absolute Gasteiger partial charge is 0.186 e. The maximum absolute atomic E-state index is 15.5. The van der Waals surface area contributed by atoms with Crippen LogP contribution in [0.15, 0.2) is 0 Å². The second-order valence-corrected chi connectivity index (χ2v) is 8.74. The number of aliphatic hydroxyl groups is 4. The first-order valence-electron chi connectivity index (χ1n) is 10.7. The van der Waals surface area contributed by atoms with Gasteiger partial charge in [-0.25, -0.2) is 4.39 Å². The van der Waals surface area contributed by atoms with Crippen molar-refractivity contribution in [2.45, 2.75) is 98.5 Å². The van der Waals surface area contributed by atoms with Gasteiger partial charge in [-0.15, -0.1) is 0 Å². The summed E-state index contributed by atoms with van der Waals surface area (Å²) in [6.45, 7) is -0.561. The van der Waals surface area contributed by atoms with Crippen molar-refractivity contribution in [3.63, 3.8) is 0 Å². The maximum Gasteiger partial charge on any atom is 0.186 e. The number of aliphatic hydroxyl groups excluding tert-OH is 4. The van der Waals surface area contributed by atoms with Crippen LogP contribution in [0.4, 0.5) is 4.39 Å². The Kier molecular flexibility index (Phi) is 8.76. The van der Waals surface area contributed by atoms with Crippen LogP contribution < -0.4 is 28.7 Å². The molecule has 32 heavy (non-hydrogen) atoms. The molecule has 14 atom stereocenters. The van der Waals surface area contributed by atoms with Gasteiger partial charge in [-0.1, -0.05) is 0 Å². The van der Waals surface area contributed by atoms with Crippen LogP contribution in [0.2, 0.25) is 0 Å². The van der Waals surface area contributed by atoms with Crippen LogP contribution in [0.3, 0.4) is 0 Å². The Balaban J connectivity index is 1.70. The van der Waals surface area contributed by atoms with Gasteiger partial charge in [0.05, 0.1) is 30.9 Å². The molecule has 14 heteroatoms. The third-order valence-corrected chi connectivity index (χ3v) is 6.37. The van der Waals surface area contributed by atoms with Crippen molar-refractivity contribution in [3.8, 4) is 0 Å². The Bertz CT molecular complexity index is 612. The molecule has 3 rings (SSSR count). The third-order valence-electron chi connectivity index (χ3n) is 6.37. The van der Waals surface area contributed by atoms with Crippen molar-refractivity contribution in [1.29, 1.82) is 0 Å². The molecule has 14 N–H and O–H groups in total. The SMILES string of the molecule is NC[C@H]1O[C@H](O[C@H]2[C@@H](F)[C@@H](O[C@H]3O[C@H](CO)[C@@H](O)[C@H](N)[C@H]3O)[C@H](N)C[C@@H]2N)[C@H](N)C[C@@H]1O. The molecule has 0 spiro atoms. The lowest BCUT2D eigenvalue weighted by atomic mass is 9.85. The van der Waals surface area contributed by atoms with Gasteiger partial charge in [-0.05, 0) is 12.8 Å². The number of hydrogen-bond donors (Lipinski definition) is 9. The first kappa shape index (κ1) is 26.0. The summed E-state index contributed by atoms with van der Waals surface area (Å²) in [6.07, 6.45) is -12.2. The van der Waals surface area contributed by atoms with E-state index in [0.717, 1.165) is 0 Å². The minimum Gasteiger partial charge on any atom is -0.394 e. The zero-order chi connectivity index (χ0) is 23.7. The standard InChI is InChI=1S/C18H36FN5O8/c19-11-15(31-17-7(23)2-8(26)9(3-20)29-17)5(21)1-6(22)16(11)32-18-14(28)12(24)13(27)10(4-25)30-18/h5-18,25-28H,1-4,20-24H2/t5-,6+,7+,8-,9+,10+,11+,12-,13+,14+,15+,16-,17+,18+/m0/s1. The zero-order valence-corrected chi connectivity index (χ0v) is 17.6. The molecule has 2 heterocycles. The molecule has 3 fully saturated rings. The van der Waals surface area contributed by atoms with Crippen LogP contribution in [0.5, 0.6) is 0 Å². The molecule has 0 unspecified atom stereocenters. The van der Waals surface area contributed by atoms with Gasteiger partial charge in [0.1, 0.15) is 30.5 Å². The largest absolute Gasteiger partial charge is 0.394 e. The van der Waals surface area contributed by atoms with E-state index >= 15 is 4.39 Å². The Morgan fingerprint density at radius 3 is 1.94 bits per heavy atom. The summed E-state index contributed by atoms with van der Waals surface area (Å²) in [6, 6.07) is -3.61. The molecule has 0 aromatic rings. The predicted octanol–water partition coefficient (Wildman–Crippen LogP) is -5.32. The normalized spacial score (nSPS) is 52.7. The summed E-state index contributed by atoms with van der Waals surface area (Å²) in [5.74, 6) is 0. The first-order valence-corrected chi connectivity index (χ1v) is 10.7. The molecule has 3 aliphatic rings. The molecule has 0 amide bonds. The lowest BCUT2D eigenvalue weighted by Gasteiger charge is -2.47. The van der Waals surface area contributed by atoms with Crippen LogP contribution in [0.1, 0.15) is 12.8 Å². The molecule has 1 saturated carbocycles. The minimum atomic E-state index is -1.86. The third kappa shape index (κ3) is 5.22. The van der Waals surface area contributed by atoms with E-state index in [0.29, 0.717) is 0 Å². The molecule has 2 aliphatic heterocycles. The van der Waals surface area contributed by atoms with Crippen LogP contribution in [0.25, 0.3) is 0 Å². The van der Waals surface area contributed by atoms with Gasteiger partial charge in [-0.2, -0.15) is 0 Å². The van der Waals surface area contributed by atoms with Crippen molar-refractivity contribution >= 4 is 0 Å². The Morgan fingerprint density at radius 2 is 1.38 bits per heavy atom. The van der Waals surface area contributed by atoms with Crippen LogP contribution in [-0.2, 0) is 18.9 Å². The summed E-state index contributed by atoms with van der Waals surface area (Å²) < 4.78 is 37.9. The summed E-state index contributed by atoms with van der Waals surface area (Å²) >= 11 is 0. The number of hydrogen-bond acceptors (Lipinski definition) is 13. The average molecular weight is 470 g/mol. The van der Waals surface area contributed by atoms with Gasteiger partial charge in [0.15, 0.2) is 18.8 Å². The quantitative estimate of drug-likeness (QED) is 0.176. The van der Waals surface area contributed by atoms with E-state index in [1.54, 1.807) is 0 Å². The molecular weight excluding hydrogens is 433 g/mol. The molecule has 0 aromatic carbocycles. The number of alkyl halides is 1. The fourth-order valence-corrected chi connectivity index (χ4v) is 4.38. The molecule has 2 saturated heterocycles. The molecule has 0 radical (unpaired) electrons. The highest BCUT2D eigenvalue weighted by Crippen LogP contribution is 2.32. The van der Waals surface area contributed by atoms with Gasteiger partial charge >= 0.3 is 0 Å². The van der Waals surface area contributed by atoms with E-state index in [1.165, 1.54) is 0 Å². The molecule has 0 aromatic heterocycles. The first-order chi connectivity index (χ1) is 15.1.